The molecule has 1 amide bonds. The summed E-state index contributed by atoms with van der Waals surface area (Å²) in [6.07, 6.45) is 1.42. The van der Waals surface area contributed by atoms with Crippen molar-refractivity contribution in [3.05, 3.63) is 59.1 Å². The normalized spacial score (nSPS) is 16.5. The first-order valence-corrected chi connectivity index (χ1v) is 10.0. The Morgan fingerprint density at radius 2 is 1.84 bits per heavy atom. The van der Waals surface area contributed by atoms with Gasteiger partial charge in [0.25, 0.3) is 5.91 Å². The van der Waals surface area contributed by atoms with Crippen molar-refractivity contribution in [3.8, 4) is 0 Å². The summed E-state index contributed by atoms with van der Waals surface area (Å²) >= 11 is 6.23. The Morgan fingerprint density at radius 3 is 2.52 bits per heavy atom. The molecule has 0 aliphatic carbocycles. The number of carbonyl (C=O) groups is 1. The van der Waals surface area contributed by atoms with E-state index in [1.54, 1.807) is 25.2 Å². The van der Waals surface area contributed by atoms with Gasteiger partial charge in [0.05, 0.1) is 16.5 Å². The molecule has 0 spiro atoms. The quantitative estimate of drug-likeness (QED) is 0.820. The highest BCUT2D eigenvalue weighted by Crippen LogP contribution is 2.32. The van der Waals surface area contributed by atoms with Crippen molar-refractivity contribution in [2.45, 2.75) is 12.8 Å². The van der Waals surface area contributed by atoms with Crippen LogP contribution in [0.15, 0.2) is 48.5 Å². The lowest BCUT2D eigenvalue weighted by Gasteiger charge is -2.29. The molecule has 0 radical (unpaired) electrons. The van der Waals surface area contributed by atoms with Crippen LogP contribution in [0.1, 0.15) is 23.2 Å². The lowest BCUT2D eigenvalue weighted by molar-refractivity contribution is 0.0993. The van der Waals surface area contributed by atoms with Crippen LogP contribution in [0, 0.1) is 0 Å². The smallest absolute Gasteiger partial charge is 0.258 e. The lowest BCUT2D eigenvalue weighted by Crippen LogP contribution is -2.38. The maximum absolute atomic E-state index is 12.8. The molecule has 25 heavy (non-hydrogen) atoms. The predicted molar refractivity (Wildman–Crippen MR) is 101 cm³/mol. The molecule has 1 fully saturated rings. The van der Waals surface area contributed by atoms with Crippen LogP contribution in [0.2, 0.25) is 5.02 Å². The maximum atomic E-state index is 12.8. The molecule has 2 aromatic rings. The van der Waals surface area contributed by atoms with E-state index in [1.165, 1.54) is 9.21 Å². The summed E-state index contributed by atoms with van der Waals surface area (Å²) in [4.78, 5) is 14.3. The number of benzene rings is 2. The molecule has 132 valence electrons. The van der Waals surface area contributed by atoms with E-state index < -0.39 is 10.0 Å². The third kappa shape index (κ3) is 3.65. The van der Waals surface area contributed by atoms with Gasteiger partial charge in [-0.1, -0.05) is 29.8 Å². The Balaban J connectivity index is 1.95. The van der Waals surface area contributed by atoms with E-state index in [9.17, 15) is 13.2 Å². The summed E-state index contributed by atoms with van der Waals surface area (Å²) in [6, 6.07) is 14.0. The lowest BCUT2D eigenvalue weighted by atomic mass is 10.1. The fourth-order valence-corrected chi connectivity index (χ4v) is 4.78. The molecule has 1 saturated heterocycles. The van der Waals surface area contributed by atoms with Crippen LogP contribution >= 0.6 is 11.6 Å². The number of halogens is 1. The number of hydrogen-bond acceptors (Lipinski definition) is 3. The third-order valence-electron chi connectivity index (χ3n) is 4.26. The van der Waals surface area contributed by atoms with Crippen molar-refractivity contribution in [1.29, 1.82) is 0 Å². The molecule has 7 heteroatoms. The van der Waals surface area contributed by atoms with Crippen LogP contribution in [0.3, 0.4) is 0 Å². The Hall–Kier alpha value is -2.05. The second-order valence-electron chi connectivity index (χ2n) is 5.96. The zero-order valence-corrected chi connectivity index (χ0v) is 15.4. The van der Waals surface area contributed by atoms with Gasteiger partial charge in [-0.15, -0.1) is 0 Å². The minimum atomic E-state index is -3.39. The molecule has 1 aliphatic heterocycles. The molecule has 0 aromatic heterocycles. The maximum Gasteiger partial charge on any atom is 0.258 e. The molecular weight excluding hydrogens is 360 g/mol. The first-order chi connectivity index (χ1) is 11.9. The summed E-state index contributed by atoms with van der Waals surface area (Å²) in [5.41, 5.74) is 1.52. The van der Waals surface area contributed by atoms with Crippen LogP contribution in [-0.2, 0) is 10.0 Å². The molecule has 0 unspecified atom stereocenters. The monoisotopic (exact) mass is 378 g/mol. The Morgan fingerprint density at radius 1 is 1.12 bits per heavy atom. The standard InChI is InChI=1S/C18H19ClN2O3S/c1-20(15-7-3-2-4-8-15)18(22)14-9-10-16(19)17(13-14)21-11-5-6-12-25(21,23)24/h2-4,7-10,13H,5-6,11-12H2,1H3. The minimum Gasteiger partial charge on any atom is -0.311 e. The van der Waals surface area contributed by atoms with Crippen LogP contribution in [0.5, 0.6) is 0 Å². The van der Waals surface area contributed by atoms with Crippen LogP contribution in [0.25, 0.3) is 0 Å². The molecule has 2 aromatic carbocycles. The first-order valence-electron chi connectivity index (χ1n) is 8.03. The van der Waals surface area contributed by atoms with Crippen molar-refractivity contribution in [2.75, 3.05) is 28.6 Å². The number of carbonyl (C=O) groups excluding carboxylic acids is 1. The van der Waals surface area contributed by atoms with E-state index in [2.05, 4.69) is 0 Å². The summed E-state index contributed by atoms with van der Waals surface area (Å²) in [5, 5.41) is 0.324. The fraction of sp³-hybridized carbons (Fsp3) is 0.278. The minimum absolute atomic E-state index is 0.103. The number of rotatable bonds is 3. The Kier molecular flexibility index (Phi) is 5.01. The van der Waals surface area contributed by atoms with E-state index >= 15 is 0 Å². The number of nitrogens with zero attached hydrogens (tertiary/aromatic N) is 2. The largest absolute Gasteiger partial charge is 0.311 e. The fourth-order valence-electron chi connectivity index (χ4n) is 2.86. The zero-order chi connectivity index (χ0) is 18.0. The van der Waals surface area contributed by atoms with Crippen molar-refractivity contribution in [2.24, 2.45) is 0 Å². The van der Waals surface area contributed by atoms with E-state index in [0.29, 0.717) is 29.2 Å². The van der Waals surface area contributed by atoms with Gasteiger partial charge in [0.15, 0.2) is 0 Å². The van der Waals surface area contributed by atoms with E-state index in [0.717, 1.165) is 12.1 Å². The molecule has 0 bridgehead atoms. The topological polar surface area (TPSA) is 57.7 Å². The van der Waals surface area contributed by atoms with Gasteiger partial charge in [0.1, 0.15) is 0 Å². The molecule has 0 atom stereocenters. The van der Waals surface area contributed by atoms with Gasteiger partial charge in [-0.05, 0) is 43.2 Å². The zero-order valence-electron chi connectivity index (χ0n) is 13.9. The van der Waals surface area contributed by atoms with E-state index in [1.807, 2.05) is 30.3 Å². The summed E-state index contributed by atoms with van der Waals surface area (Å²) in [7, 11) is -1.71. The number of amides is 1. The highest BCUT2D eigenvalue weighted by molar-refractivity contribution is 7.92. The molecule has 0 saturated carbocycles. The van der Waals surface area contributed by atoms with Gasteiger partial charge in [0, 0.05) is 24.8 Å². The Bertz CT molecular complexity index is 884. The summed E-state index contributed by atoms with van der Waals surface area (Å²) in [6.45, 7) is 0.383. The number of sulfonamides is 1. The average Bonchev–Trinajstić information content (AvgIpc) is 2.62. The molecule has 1 aliphatic rings. The second-order valence-corrected chi connectivity index (χ2v) is 8.38. The van der Waals surface area contributed by atoms with Crippen LogP contribution in [-0.4, -0.2) is 33.7 Å². The van der Waals surface area contributed by atoms with Crippen LogP contribution < -0.4 is 9.21 Å². The number of hydrogen-bond donors (Lipinski definition) is 0. The van der Waals surface area contributed by atoms with E-state index in [-0.39, 0.29) is 11.7 Å². The van der Waals surface area contributed by atoms with Crippen molar-refractivity contribution >= 4 is 38.9 Å². The van der Waals surface area contributed by atoms with Gasteiger partial charge in [-0.25, -0.2) is 8.42 Å². The van der Waals surface area contributed by atoms with E-state index in [4.69, 9.17) is 11.6 Å². The van der Waals surface area contributed by atoms with Gasteiger partial charge in [-0.2, -0.15) is 0 Å². The van der Waals surface area contributed by atoms with Crippen molar-refractivity contribution < 1.29 is 13.2 Å². The number of anilines is 2. The first kappa shape index (κ1) is 17.8. The molecule has 1 heterocycles. The highest BCUT2D eigenvalue weighted by Gasteiger charge is 2.28. The predicted octanol–water partition coefficient (Wildman–Crippen LogP) is 3.55. The van der Waals surface area contributed by atoms with Crippen LogP contribution in [0.4, 0.5) is 11.4 Å². The van der Waals surface area contributed by atoms with Gasteiger partial charge < -0.3 is 4.90 Å². The van der Waals surface area contributed by atoms with Gasteiger partial charge in [0.2, 0.25) is 10.0 Å². The van der Waals surface area contributed by atoms with Gasteiger partial charge in [-0.3, -0.25) is 9.10 Å². The third-order valence-corrected chi connectivity index (χ3v) is 6.43. The van der Waals surface area contributed by atoms with Crippen molar-refractivity contribution in [1.82, 2.24) is 0 Å². The Labute approximate surface area is 152 Å². The summed E-state index contributed by atoms with van der Waals surface area (Å²) in [5.74, 6) is -0.121. The SMILES string of the molecule is CN(C(=O)c1ccc(Cl)c(N2CCCCS2(=O)=O)c1)c1ccccc1. The average molecular weight is 379 g/mol. The molecule has 5 nitrogen and oxygen atoms in total. The highest BCUT2D eigenvalue weighted by atomic mass is 35.5. The molecular formula is C18H19ClN2O3S. The van der Waals surface area contributed by atoms with Crippen molar-refractivity contribution in [3.63, 3.8) is 0 Å². The summed E-state index contributed by atoms with van der Waals surface area (Å²) < 4.78 is 26.0. The second kappa shape index (κ2) is 7.06. The van der Waals surface area contributed by atoms with Gasteiger partial charge >= 0.3 is 0 Å². The molecule has 0 N–H and O–H groups in total. The molecule has 3 rings (SSSR count). The number of para-hydroxylation sites is 1.